The van der Waals surface area contributed by atoms with Gasteiger partial charge in [0, 0.05) is 17.7 Å². The van der Waals surface area contributed by atoms with Crippen molar-refractivity contribution in [2.24, 2.45) is 0 Å². The van der Waals surface area contributed by atoms with E-state index in [0.717, 1.165) is 24.3 Å². The third-order valence-corrected chi connectivity index (χ3v) is 3.88. The Hall–Kier alpha value is -4.07. The van der Waals surface area contributed by atoms with E-state index in [-0.39, 0.29) is 17.0 Å². The molecule has 0 saturated heterocycles. The van der Waals surface area contributed by atoms with Crippen LogP contribution in [0.5, 0.6) is 11.5 Å². The highest BCUT2D eigenvalue weighted by Gasteiger charge is 2.24. The number of rotatable bonds is 6. The average molecular weight is 381 g/mol. The first-order valence-electron chi connectivity index (χ1n) is 7.96. The molecule has 7 nitrogen and oxygen atoms in total. The predicted molar refractivity (Wildman–Crippen MR) is 96.4 cm³/mol. The summed E-state index contributed by atoms with van der Waals surface area (Å²) in [5, 5.41) is 20.0. The Bertz CT molecular complexity index is 1060. The molecular weight excluding hydrogens is 369 g/mol. The number of non-ortho nitro benzene ring substituents is 1. The van der Waals surface area contributed by atoms with E-state index >= 15 is 4.39 Å². The van der Waals surface area contributed by atoms with Gasteiger partial charge in [-0.2, -0.15) is 0 Å². The van der Waals surface area contributed by atoms with Crippen LogP contribution in [-0.4, -0.2) is 21.8 Å². The van der Waals surface area contributed by atoms with Gasteiger partial charge in [-0.05, 0) is 36.4 Å². The van der Waals surface area contributed by atoms with Crippen molar-refractivity contribution < 1.29 is 28.7 Å². The van der Waals surface area contributed by atoms with Crippen LogP contribution in [0.4, 0.5) is 10.1 Å². The van der Waals surface area contributed by atoms with Crippen LogP contribution in [0.3, 0.4) is 0 Å². The van der Waals surface area contributed by atoms with Gasteiger partial charge in [0.2, 0.25) is 0 Å². The second kappa shape index (κ2) is 7.67. The second-order valence-electron chi connectivity index (χ2n) is 5.66. The number of nitrogens with zero attached hydrogens (tertiary/aromatic N) is 1. The quantitative estimate of drug-likeness (QED) is 0.384. The highest BCUT2D eigenvalue weighted by atomic mass is 19.1. The molecule has 0 saturated carbocycles. The molecule has 0 radical (unpaired) electrons. The first kappa shape index (κ1) is 18.7. The van der Waals surface area contributed by atoms with Gasteiger partial charge < -0.3 is 9.84 Å². The van der Waals surface area contributed by atoms with E-state index in [1.807, 2.05) is 0 Å². The molecule has 0 aliphatic carbocycles. The highest BCUT2D eigenvalue weighted by Crippen LogP contribution is 2.32. The Morgan fingerprint density at radius 2 is 1.54 bits per heavy atom. The molecule has 0 fully saturated rings. The van der Waals surface area contributed by atoms with Gasteiger partial charge in [-0.25, -0.2) is 9.18 Å². The van der Waals surface area contributed by atoms with Crippen molar-refractivity contribution in [1.82, 2.24) is 0 Å². The van der Waals surface area contributed by atoms with E-state index in [2.05, 4.69) is 0 Å². The van der Waals surface area contributed by atoms with Gasteiger partial charge in [0.1, 0.15) is 11.3 Å². The number of hydrogen-bond donors (Lipinski definition) is 1. The first-order valence-corrected chi connectivity index (χ1v) is 7.96. The van der Waals surface area contributed by atoms with Crippen LogP contribution < -0.4 is 4.74 Å². The van der Waals surface area contributed by atoms with Gasteiger partial charge in [-0.1, -0.05) is 18.2 Å². The summed E-state index contributed by atoms with van der Waals surface area (Å²) in [5.74, 6) is -3.70. The zero-order valence-corrected chi connectivity index (χ0v) is 14.2. The Balaban J connectivity index is 2.04. The van der Waals surface area contributed by atoms with E-state index in [1.165, 1.54) is 24.3 Å². The molecule has 0 bridgehead atoms. The van der Waals surface area contributed by atoms with Crippen LogP contribution in [-0.2, 0) is 0 Å². The summed E-state index contributed by atoms with van der Waals surface area (Å²) >= 11 is 0. The van der Waals surface area contributed by atoms with Crippen LogP contribution in [0, 0.1) is 15.9 Å². The number of hydrogen-bond acceptors (Lipinski definition) is 5. The number of halogens is 1. The fourth-order valence-corrected chi connectivity index (χ4v) is 2.50. The number of nitro benzene ring substituents is 1. The van der Waals surface area contributed by atoms with Gasteiger partial charge in [-0.3, -0.25) is 14.9 Å². The Kier molecular flexibility index (Phi) is 5.12. The van der Waals surface area contributed by atoms with E-state index in [1.54, 1.807) is 18.2 Å². The molecule has 0 aliphatic rings. The van der Waals surface area contributed by atoms with Crippen LogP contribution in [0.2, 0.25) is 0 Å². The molecule has 3 rings (SSSR count). The van der Waals surface area contributed by atoms with Crippen LogP contribution >= 0.6 is 0 Å². The molecule has 0 spiro atoms. The SMILES string of the molecule is O=C(c1ccc([N+](=O)[O-])cc1)c1ccc(C(=O)O)c(Oc2ccccc2)c1F. The molecule has 3 aromatic carbocycles. The summed E-state index contributed by atoms with van der Waals surface area (Å²) in [6.07, 6.45) is 0. The summed E-state index contributed by atoms with van der Waals surface area (Å²) in [7, 11) is 0. The lowest BCUT2D eigenvalue weighted by Gasteiger charge is -2.12. The maximum atomic E-state index is 15.0. The van der Waals surface area contributed by atoms with Crippen molar-refractivity contribution in [2.75, 3.05) is 0 Å². The van der Waals surface area contributed by atoms with Crippen molar-refractivity contribution >= 4 is 17.4 Å². The predicted octanol–water partition coefficient (Wildman–Crippen LogP) is 4.46. The van der Waals surface area contributed by atoms with Crippen LogP contribution in [0.25, 0.3) is 0 Å². The highest BCUT2D eigenvalue weighted by molar-refractivity contribution is 6.10. The summed E-state index contributed by atoms with van der Waals surface area (Å²) < 4.78 is 20.4. The lowest BCUT2D eigenvalue weighted by molar-refractivity contribution is -0.384. The second-order valence-corrected chi connectivity index (χ2v) is 5.66. The zero-order valence-electron chi connectivity index (χ0n) is 14.2. The van der Waals surface area contributed by atoms with Crippen molar-refractivity contribution in [3.63, 3.8) is 0 Å². The first-order chi connectivity index (χ1) is 13.4. The lowest BCUT2D eigenvalue weighted by Crippen LogP contribution is -2.09. The van der Waals surface area contributed by atoms with Gasteiger partial charge in [0.25, 0.3) is 5.69 Å². The largest absolute Gasteiger partial charge is 0.478 e. The maximum absolute atomic E-state index is 15.0. The van der Waals surface area contributed by atoms with E-state index in [9.17, 15) is 24.8 Å². The van der Waals surface area contributed by atoms with Gasteiger partial charge in [0.05, 0.1) is 10.5 Å². The molecule has 1 N–H and O–H groups in total. The number of carboxylic acids is 1. The van der Waals surface area contributed by atoms with Crippen LogP contribution in [0.1, 0.15) is 26.3 Å². The molecule has 28 heavy (non-hydrogen) atoms. The third kappa shape index (κ3) is 3.70. The smallest absolute Gasteiger partial charge is 0.339 e. The molecule has 0 atom stereocenters. The normalized spacial score (nSPS) is 10.3. The third-order valence-electron chi connectivity index (χ3n) is 3.88. The lowest BCUT2D eigenvalue weighted by atomic mass is 10.00. The van der Waals surface area contributed by atoms with Crippen LogP contribution in [0.15, 0.2) is 66.7 Å². The number of benzene rings is 3. The monoisotopic (exact) mass is 381 g/mol. The van der Waals surface area contributed by atoms with Crippen molar-refractivity contribution in [3.05, 3.63) is 99.4 Å². The molecule has 140 valence electrons. The van der Waals surface area contributed by atoms with E-state index < -0.39 is 39.4 Å². The number of carbonyl (C=O) groups excluding carboxylic acids is 1. The average Bonchev–Trinajstić information content (AvgIpc) is 2.69. The minimum absolute atomic E-state index is 0.0123. The molecule has 8 heteroatoms. The number of carbonyl (C=O) groups is 2. The molecule has 3 aromatic rings. The number of para-hydroxylation sites is 1. The molecule has 0 unspecified atom stereocenters. The fraction of sp³-hybridized carbons (Fsp3) is 0. The standard InChI is InChI=1S/C20H12FNO6/c21-17-15(18(23)12-6-8-13(9-7-12)22(26)27)10-11-16(20(24)25)19(17)28-14-4-2-1-3-5-14/h1-11H,(H,24,25). The van der Waals surface area contributed by atoms with Gasteiger partial charge in [0.15, 0.2) is 17.3 Å². The fourth-order valence-electron chi connectivity index (χ4n) is 2.50. The zero-order chi connectivity index (χ0) is 20.3. The molecule has 0 amide bonds. The molecular formula is C20H12FNO6. The molecule has 0 aromatic heterocycles. The molecule has 0 aliphatic heterocycles. The summed E-state index contributed by atoms with van der Waals surface area (Å²) in [6, 6.07) is 14.7. The molecule has 0 heterocycles. The topological polar surface area (TPSA) is 107 Å². The van der Waals surface area contributed by atoms with E-state index in [4.69, 9.17) is 4.74 Å². The Morgan fingerprint density at radius 3 is 2.11 bits per heavy atom. The number of nitro groups is 1. The Morgan fingerprint density at radius 1 is 0.929 bits per heavy atom. The van der Waals surface area contributed by atoms with Gasteiger partial charge in [-0.15, -0.1) is 0 Å². The van der Waals surface area contributed by atoms with Crippen molar-refractivity contribution in [3.8, 4) is 11.5 Å². The maximum Gasteiger partial charge on any atom is 0.339 e. The number of ketones is 1. The summed E-state index contributed by atoms with van der Waals surface area (Å²) in [5.41, 5.74) is -1.06. The van der Waals surface area contributed by atoms with Crippen molar-refractivity contribution in [2.45, 2.75) is 0 Å². The minimum Gasteiger partial charge on any atom is -0.478 e. The van der Waals surface area contributed by atoms with Gasteiger partial charge >= 0.3 is 5.97 Å². The Labute approximate surface area is 157 Å². The minimum atomic E-state index is -1.42. The number of aromatic carboxylic acids is 1. The number of carboxylic acid groups (broad SMARTS) is 1. The summed E-state index contributed by atoms with van der Waals surface area (Å²) in [4.78, 5) is 34.1. The number of ether oxygens (including phenoxy) is 1. The summed E-state index contributed by atoms with van der Waals surface area (Å²) in [6.45, 7) is 0. The van der Waals surface area contributed by atoms with E-state index in [0.29, 0.717) is 0 Å². The van der Waals surface area contributed by atoms with Crippen molar-refractivity contribution in [1.29, 1.82) is 0 Å².